The van der Waals surface area contributed by atoms with Crippen molar-refractivity contribution in [1.29, 1.82) is 0 Å². The molecule has 0 aromatic heterocycles. The Bertz CT molecular complexity index is 384. The fourth-order valence-corrected chi connectivity index (χ4v) is 2.05. The van der Waals surface area contributed by atoms with Crippen LogP contribution in [0.2, 0.25) is 0 Å². The predicted molar refractivity (Wildman–Crippen MR) is 58.0 cm³/mol. The van der Waals surface area contributed by atoms with Crippen LogP contribution in [0, 0.1) is 5.82 Å². The molecule has 0 unspecified atom stereocenters. The van der Waals surface area contributed by atoms with E-state index in [1.807, 2.05) is 0 Å². The standard InChI is InChI=1S/C10H10BrFN2O/c11-7-2-1-3-8(12)9(7)10(15)14-4-6(13)5-14/h1-3,6H,4-5,13H2. The van der Waals surface area contributed by atoms with E-state index >= 15 is 0 Å². The highest BCUT2D eigenvalue weighted by atomic mass is 79.9. The average molecular weight is 273 g/mol. The zero-order valence-electron chi connectivity index (χ0n) is 7.91. The summed E-state index contributed by atoms with van der Waals surface area (Å²) < 4.78 is 13.9. The summed E-state index contributed by atoms with van der Waals surface area (Å²) in [6.45, 7) is 0.999. The molecule has 1 aliphatic rings. The molecule has 0 atom stereocenters. The second-order valence-electron chi connectivity index (χ2n) is 3.57. The number of nitrogens with zero attached hydrogens (tertiary/aromatic N) is 1. The third-order valence-electron chi connectivity index (χ3n) is 2.37. The van der Waals surface area contributed by atoms with Gasteiger partial charge >= 0.3 is 0 Å². The van der Waals surface area contributed by atoms with Crippen LogP contribution in [0.3, 0.4) is 0 Å². The molecular formula is C10H10BrFN2O. The molecule has 15 heavy (non-hydrogen) atoms. The fraction of sp³-hybridized carbons (Fsp3) is 0.300. The Morgan fingerprint density at radius 3 is 2.73 bits per heavy atom. The quantitative estimate of drug-likeness (QED) is 0.840. The normalized spacial score (nSPS) is 16.3. The molecular weight excluding hydrogens is 263 g/mol. The summed E-state index contributed by atoms with van der Waals surface area (Å²) in [7, 11) is 0. The average Bonchev–Trinajstić information content (AvgIpc) is 2.12. The van der Waals surface area contributed by atoms with Crippen molar-refractivity contribution in [3.8, 4) is 0 Å². The smallest absolute Gasteiger partial charge is 0.258 e. The van der Waals surface area contributed by atoms with Crippen LogP contribution < -0.4 is 5.73 Å². The monoisotopic (exact) mass is 272 g/mol. The SMILES string of the molecule is NC1CN(C(=O)c2c(F)cccc2Br)C1. The van der Waals surface area contributed by atoms with Gasteiger partial charge in [0.1, 0.15) is 5.82 Å². The summed E-state index contributed by atoms with van der Waals surface area (Å²) in [4.78, 5) is 13.4. The lowest BCUT2D eigenvalue weighted by Crippen LogP contribution is -2.58. The first-order valence-electron chi connectivity index (χ1n) is 4.58. The molecule has 0 saturated carbocycles. The maximum atomic E-state index is 13.4. The number of nitrogens with two attached hydrogens (primary N) is 1. The number of amides is 1. The molecule has 1 heterocycles. The summed E-state index contributed by atoms with van der Waals surface area (Å²) in [6.07, 6.45) is 0. The summed E-state index contributed by atoms with van der Waals surface area (Å²) >= 11 is 3.17. The number of carbonyl (C=O) groups is 1. The number of hydrogen-bond acceptors (Lipinski definition) is 2. The minimum atomic E-state index is -0.505. The van der Waals surface area contributed by atoms with Crippen molar-refractivity contribution in [1.82, 2.24) is 4.90 Å². The van der Waals surface area contributed by atoms with Gasteiger partial charge in [-0.25, -0.2) is 4.39 Å². The Hall–Kier alpha value is -0.940. The van der Waals surface area contributed by atoms with Gasteiger partial charge in [-0.05, 0) is 28.1 Å². The van der Waals surface area contributed by atoms with Crippen molar-refractivity contribution in [3.63, 3.8) is 0 Å². The van der Waals surface area contributed by atoms with Crippen molar-refractivity contribution in [2.45, 2.75) is 6.04 Å². The highest BCUT2D eigenvalue weighted by Crippen LogP contribution is 2.23. The van der Waals surface area contributed by atoms with Gasteiger partial charge in [0.2, 0.25) is 0 Å². The van der Waals surface area contributed by atoms with Crippen LogP contribution in [0.4, 0.5) is 4.39 Å². The highest BCUT2D eigenvalue weighted by molar-refractivity contribution is 9.10. The first kappa shape index (κ1) is 10.6. The molecule has 1 saturated heterocycles. The van der Waals surface area contributed by atoms with Gasteiger partial charge < -0.3 is 10.6 Å². The van der Waals surface area contributed by atoms with Crippen LogP contribution in [-0.4, -0.2) is 29.9 Å². The topological polar surface area (TPSA) is 46.3 Å². The number of rotatable bonds is 1. The van der Waals surface area contributed by atoms with E-state index in [1.165, 1.54) is 11.0 Å². The maximum Gasteiger partial charge on any atom is 0.258 e. The predicted octanol–water partition coefficient (Wildman–Crippen LogP) is 1.37. The molecule has 1 aliphatic heterocycles. The fourth-order valence-electron chi connectivity index (χ4n) is 1.54. The van der Waals surface area contributed by atoms with E-state index in [4.69, 9.17) is 5.73 Å². The number of carbonyl (C=O) groups excluding carboxylic acids is 1. The molecule has 1 aromatic carbocycles. The van der Waals surface area contributed by atoms with Gasteiger partial charge in [-0.15, -0.1) is 0 Å². The Labute approximate surface area is 95.2 Å². The van der Waals surface area contributed by atoms with Crippen molar-refractivity contribution >= 4 is 21.8 Å². The van der Waals surface area contributed by atoms with Gasteiger partial charge in [-0.1, -0.05) is 6.07 Å². The van der Waals surface area contributed by atoms with Crippen LogP contribution in [0.15, 0.2) is 22.7 Å². The molecule has 1 aromatic rings. The molecule has 2 rings (SSSR count). The van der Waals surface area contributed by atoms with E-state index in [9.17, 15) is 9.18 Å². The number of benzene rings is 1. The lowest BCUT2D eigenvalue weighted by Gasteiger charge is -2.37. The van der Waals surface area contributed by atoms with E-state index < -0.39 is 5.82 Å². The van der Waals surface area contributed by atoms with Gasteiger partial charge in [0.05, 0.1) is 5.56 Å². The van der Waals surface area contributed by atoms with Crippen molar-refractivity contribution in [2.24, 2.45) is 5.73 Å². The number of halogens is 2. The summed E-state index contributed by atoms with van der Waals surface area (Å²) in [5.74, 6) is -0.809. The summed E-state index contributed by atoms with van der Waals surface area (Å²) in [5, 5.41) is 0. The van der Waals surface area contributed by atoms with Gasteiger partial charge in [0.15, 0.2) is 0 Å². The molecule has 1 fully saturated rings. The van der Waals surface area contributed by atoms with Crippen molar-refractivity contribution in [3.05, 3.63) is 34.1 Å². The van der Waals surface area contributed by atoms with Gasteiger partial charge in [-0.3, -0.25) is 4.79 Å². The third kappa shape index (κ3) is 1.89. The second-order valence-corrected chi connectivity index (χ2v) is 4.42. The third-order valence-corrected chi connectivity index (χ3v) is 3.03. The van der Waals surface area contributed by atoms with E-state index in [-0.39, 0.29) is 17.5 Å². The van der Waals surface area contributed by atoms with Crippen LogP contribution in [0.5, 0.6) is 0 Å². The van der Waals surface area contributed by atoms with Crippen molar-refractivity contribution < 1.29 is 9.18 Å². The molecule has 2 N–H and O–H groups in total. The minimum Gasteiger partial charge on any atom is -0.335 e. The first-order valence-corrected chi connectivity index (χ1v) is 5.37. The van der Waals surface area contributed by atoms with Gasteiger partial charge in [0.25, 0.3) is 5.91 Å². The van der Waals surface area contributed by atoms with Crippen LogP contribution >= 0.6 is 15.9 Å². The van der Waals surface area contributed by atoms with E-state index in [2.05, 4.69) is 15.9 Å². The van der Waals surface area contributed by atoms with Gasteiger partial charge in [-0.2, -0.15) is 0 Å². The van der Waals surface area contributed by atoms with Gasteiger partial charge in [0, 0.05) is 23.6 Å². The highest BCUT2D eigenvalue weighted by Gasteiger charge is 2.30. The summed E-state index contributed by atoms with van der Waals surface area (Å²) in [6, 6.07) is 4.51. The Balaban J connectivity index is 2.26. The molecule has 3 nitrogen and oxygen atoms in total. The molecule has 1 amide bonds. The lowest BCUT2D eigenvalue weighted by atomic mass is 10.1. The van der Waals surface area contributed by atoms with E-state index in [0.717, 1.165) is 0 Å². The molecule has 0 aliphatic carbocycles. The Morgan fingerprint density at radius 1 is 1.53 bits per heavy atom. The maximum absolute atomic E-state index is 13.4. The van der Waals surface area contributed by atoms with E-state index in [1.54, 1.807) is 12.1 Å². The van der Waals surface area contributed by atoms with Crippen LogP contribution in [0.25, 0.3) is 0 Å². The molecule has 5 heteroatoms. The zero-order valence-corrected chi connectivity index (χ0v) is 9.50. The zero-order chi connectivity index (χ0) is 11.0. The van der Waals surface area contributed by atoms with Crippen molar-refractivity contribution in [2.75, 3.05) is 13.1 Å². The first-order chi connectivity index (χ1) is 7.09. The lowest BCUT2D eigenvalue weighted by molar-refractivity contribution is 0.0602. The minimum absolute atomic E-state index is 0.0273. The largest absolute Gasteiger partial charge is 0.335 e. The molecule has 0 radical (unpaired) electrons. The molecule has 0 spiro atoms. The Kier molecular flexibility index (Phi) is 2.75. The second kappa shape index (κ2) is 3.90. The van der Waals surface area contributed by atoms with Crippen LogP contribution in [-0.2, 0) is 0 Å². The van der Waals surface area contributed by atoms with E-state index in [0.29, 0.717) is 17.6 Å². The molecule has 0 bridgehead atoms. The number of hydrogen-bond donors (Lipinski definition) is 1. The number of likely N-dealkylation sites (tertiary alicyclic amines) is 1. The van der Waals surface area contributed by atoms with Crippen LogP contribution in [0.1, 0.15) is 10.4 Å². The molecule has 80 valence electrons. The summed E-state index contributed by atoms with van der Waals surface area (Å²) in [5.41, 5.74) is 5.65. The Morgan fingerprint density at radius 2 is 2.20 bits per heavy atom.